The maximum Gasteiger partial charge on any atom is 0.307 e. The number of rotatable bonds is 10. The van der Waals surface area contributed by atoms with Crippen molar-refractivity contribution in [3.05, 3.63) is 101 Å². The van der Waals surface area contributed by atoms with Crippen molar-refractivity contribution < 1.29 is 9.90 Å². The largest absolute Gasteiger partial charge is 0.481 e. The Balaban J connectivity index is 1.50. The zero-order valence-electron chi connectivity index (χ0n) is 18.6. The molecular weight excluding hydrogens is 396 g/mol. The molecule has 0 bridgehead atoms. The average molecular weight is 427 g/mol. The Kier molecular flexibility index (Phi) is 7.00. The number of aryl methyl sites for hydroxylation is 1. The number of fused-ring (bicyclic) bond motifs is 1. The molecule has 1 aromatic heterocycles. The smallest absolute Gasteiger partial charge is 0.307 e. The highest BCUT2D eigenvalue weighted by Crippen LogP contribution is 2.21. The number of carboxylic acid groups (broad SMARTS) is 1. The average Bonchev–Trinajstić information content (AvgIpc) is 3.16. The van der Waals surface area contributed by atoms with Crippen molar-refractivity contribution in [2.75, 3.05) is 0 Å². The Bertz CT molecular complexity index is 1160. The van der Waals surface area contributed by atoms with E-state index in [2.05, 4.69) is 54.0 Å². The number of benzene rings is 3. The van der Waals surface area contributed by atoms with E-state index in [1.54, 1.807) is 0 Å². The standard InChI is InChI=1S/C28H30N2O2/c1-2-3-13-27-29-25-11-7-8-12-26(25)30(27)20-23-16-14-22(15-17-23)19-24(28(31)32)18-21-9-5-4-6-10-21/h4-12,14-17,24H,2-3,13,18-20H2,1H3,(H,31,32). The summed E-state index contributed by atoms with van der Waals surface area (Å²) in [6, 6.07) is 26.5. The lowest BCUT2D eigenvalue weighted by Crippen LogP contribution is -2.19. The first-order valence-electron chi connectivity index (χ1n) is 11.4. The maximum absolute atomic E-state index is 11.8. The van der Waals surface area contributed by atoms with Gasteiger partial charge in [-0.2, -0.15) is 0 Å². The number of para-hydroxylation sites is 2. The molecule has 4 heteroatoms. The van der Waals surface area contributed by atoms with Crippen LogP contribution in [0.2, 0.25) is 0 Å². The van der Waals surface area contributed by atoms with Gasteiger partial charge in [0, 0.05) is 13.0 Å². The number of hydrogen-bond acceptors (Lipinski definition) is 2. The van der Waals surface area contributed by atoms with E-state index in [0.29, 0.717) is 12.8 Å². The highest BCUT2D eigenvalue weighted by atomic mass is 16.4. The van der Waals surface area contributed by atoms with Crippen LogP contribution in [0.5, 0.6) is 0 Å². The second-order valence-corrected chi connectivity index (χ2v) is 8.45. The van der Waals surface area contributed by atoms with Crippen LogP contribution in [0.3, 0.4) is 0 Å². The number of aliphatic carboxylic acids is 1. The van der Waals surface area contributed by atoms with E-state index in [1.807, 2.05) is 36.4 Å². The van der Waals surface area contributed by atoms with Crippen LogP contribution < -0.4 is 0 Å². The first-order valence-corrected chi connectivity index (χ1v) is 11.4. The number of carboxylic acids is 1. The summed E-state index contributed by atoms with van der Waals surface area (Å²) >= 11 is 0. The number of unbranched alkanes of at least 4 members (excludes halogenated alkanes) is 1. The molecule has 0 aliphatic rings. The summed E-state index contributed by atoms with van der Waals surface area (Å²) in [5, 5.41) is 9.71. The first kappa shape index (κ1) is 21.8. The number of aromatic nitrogens is 2. The highest BCUT2D eigenvalue weighted by Gasteiger charge is 2.19. The summed E-state index contributed by atoms with van der Waals surface area (Å²) in [6.07, 6.45) is 4.31. The fraction of sp³-hybridized carbons (Fsp3) is 0.286. The molecule has 0 aliphatic heterocycles. The van der Waals surface area contributed by atoms with Crippen LogP contribution in [0, 0.1) is 5.92 Å². The summed E-state index contributed by atoms with van der Waals surface area (Å²) in [4.78, 5) is 16.7. The predicted molar refractivity (Wildman–Crippen MR) is 129 cm³/mol. The van der Waals surface area contributed by atoms with Gasteiger partial charge >= 0.3 is 5.97 Å². The molecule has 1 heterocycles. The third-order valence-electron chi connectivity index (χ3n) is 6.01. The van der Waals surface area contributed by atoms with Crippen LogP contribution in [0.15, 0.2) is 78.9 Å². The topological polar surface area (TPSA) is 55.1 Å². The van der Waals surface area contributed by atoms with Crippen LogP contribution in [-0.4, -0.2) is 20.6 Å². The monoisotopic (exact) mass is 426 g/mol. The van der Waals surface area contributed by atoms with E-state index in [1.165, 1.54) is 5.56 Å². The van der Waals surface area contributed by atoms with Gasteiger partial charge in [-0.1, -0.05) is 80.1 Å². The van der Waals surface area contributed by atoms with Crippen molar-refractivity contribution in [3.8, 4) is 0 Å². The Hall–Kier alpha value is -3.40. The molecule has 0 aliphatic carbocycles. The van der Waals surface area contributed by atoms with Crippen molar-refractivity contribution in [1.82, 2.24) is 9.55 Å². The van der Waals surface area contributed by atoms with Crippen molar-refractivity contribution in [3.63, 3.8) is 0 Å². The van der Waals surface area contributed by atoms with E-state index in [-0.39, 0.29) is 0 Å². The van der Waals surface area contributed by atoms with Gasteiger partial charge in [-0.3, -0.25) is 4.79 Å². The fourth-order valence-electron chi connectivity index (χ4n) is 4.22. The lowest BCUT2D eigenvalue weighted by Gasteiger charge is -2.14. The molecule has 1 atom stereocenters. The normalized spacial score (nSPS) is 12.2. The molecule has 0 saturated carbocycles. The molecule has 1 unspecified atom stereocenters. The molecule has 32 heavy (non-hydrogen) atoms. The molecule has 1 N–H and O–H groups in total. The van der Waals surface area contributed by atoms with Gasteiger partial charge in [0.05, 0.1) is 17.0 Å². The van der Waals surface area contributed by atoms with Gasteiger partial charge < -0.3 is 9.67 Å². The van der Waals surface area contributed by atoms with E-state index in [9.17, 15) is 9.90 Å². The van der Waals surface area contributed by atoms with Gasteiger partial charge in [0.25, 0.3) is 0 Å². The molecular formula is C28H30N2O2. The molecule has 0 radical (unpaired) electrons. The number of carbonyl (C=O) groups is 1. The Labute approximate surface area is 189 Å². The maximum atomic E-state index is 11.8. The molecule has 0 saturated heterocycles. The summed E-state index contributed by atoms with van der Waals surface area (Å²) < 4.78 is 2.31. The second-order valence-electron chi connectivity index (χ2n) is 8.45. The molecule has 4 nitrogen and oxygen atoms in total. The van der Waals surface area contributed by atoms with Gasteiger partial charge in [-0.15, -0.1) is 0 Å². The Morgan fingerprint density at radius 3 is 2.19 bits per heavy atom. The molecule has 4 rings (SSSR count). The van der Waals surface area contributed by atoms with E-state index in [4.69, 9.17) is 4.98 Å². The molecule has 0 spiro atoms. The van der Waals surface area contributed by atoms with Crippen LogP contribution in [0.1, 0.15) is 42.3 Å². The quantitative estimate of drug-likeness (QED) is 0.343. The van der Waals surface area contributed by atoms with E-state index >= 15 is 0 Å². The zero-order valence-corrected chi connectivity index (χ0v) is 18.6. The second kappa shape index (κ2) is 10.3. The molecule has 164 valence electrons. The SMILES string of the molecule is CCCCc1nc2ccccc2n1Cc1ccc(CC(Cc2ccccc2)C(=O)O)cc1. The van der Waals surface area contributed by atoms with Gasteiger partial charge in [0.1, 0.15) is 5.82 Å². The van der Waals surface area contributed by atoms with Crippen LogP contribution >= 0.6 is 0 Å². The molecule has 4 aromatic rings. The minimum atomic E-state index is -0.747. The Morgan fingerprint density at radius 1 is 0.875 bits per heavy atom. The minimum Gasteiger partial charge on any atom is -0.481 e. The van der Waals surface area contributed by atoms with Crippen LogP contribution in [0.25, 0.3) is 11.0 Å². The van der Waals surface area contributed by atoms with Crippen LogP contribution in [-0.2, 0) is 30.6 Å². The first-order chi connectivity index (χ1) is 15.6. The summed E-state index contributed by atoms with van der Waals surface area (Å²) in [5.74, 6) is -0.0456. The van der Waals surface area contributed by atoms with Gasteiger partial charge in [0.15, 0.2) is 0 Å². The molecule has 0 fully saturated rings. The fourth-order valence-corrected chi connectivity index (χ4v) is 4.22. The highest BCUT2D eigenvalue weighted by molar-refractivity contribution is 5.76. The van der Waals surface area contributed by atoms with Gasteiger partial charge in [-0.05, 0) is 48.1 Å². The minimum absolute atomic E-state index is 0.429. The lowest BCUT2D eigenvalue weighted by atomic mass is 9.92. The zero-order chi connectivity index (χ0) is 22.3. The third kappa shape index (κ3) is 5.25. The Morgan fingerprint density at radius 2 is 1.50 bits per heavy atom. The molecule has 3 aromatic carbocycles. The molecule has 0 amide bonds. The third-order valence-corrected chi connectivity index (χ3v) is 6.01. The van der Waals surface area contributed by atoms with E-state index in [0.717, 1.165) is 53.8 Å². The number of imidazole rings is 1. The van der Waals surface area contributed by atoms with Crippen molar-refractivity contribution >= 4 is 17.0 Å². The van der Waals surface area contributed by atoms with Gasteiger partial charge in [0.2, 0.25) is 0 Å². The number of nitrogens with zero attached hydrogens (tertiary/aromatic N) is 2. The predicted octanol–water partition coefficient (Wildman–Crippen LogP) is 5.91. The summed E-state index contributed by atoms with van der Waals surface area (Å²) in [6.45, 7) is 2.97. The van der Waals surface area contributed by atoms with Crippen molar-refractivity contribution in [2.24, 2.45) is 5.92 Å². The van der Waals surface area contributed by atoms with Crippen molar-refractivity contribution in [2.45, 2.75) is 45.6 Å². The summed E-state index contributed by atoms with van der Waals surface area (Å²) in [7, 11) is 0. The van der Waals surface area contributed by atoms with E-state index < -0.39 is 11.9 Å². The lowest BCUT2D eigenvalue weighted by molar-refractivity contribution is -0.141. The van der Waals surface area contributed by atoms with Crippen molar-refractivity contribution in [1.29, 1.82) is 0 Å². The summed E-state index contributed by atoms with van der Waals surface area (Å²) in [5.41, 5.74) is 5.52. The van der Waals surface area contributed by atoms with Crippen LogP contribution in [0.4, 0.5) is 0 Å². The number of hydrogen-bond donors (Lipinski definition) is 1. The van der Waals surface area contributed by atoms with Gasteiger partial charge in [-0.25, -0.2) is 4.98 Å².